The lowest BCUT2D eigenvalue weighted by atomic mass is 10.1. The first-order chi connectivity index (χ1) is 12.6. The molecule has 0 bridgehead atoms. The average molecular weight is 352 g/mol. The maximum atomic E-state index is 11.1. The number of carboxylic acids is 1. The number of anilines is 1. The van der Waals surface area contributed by atoms with Crippen LogP contribution >= 0.6 is 0 Å². The molecule has 0 aliphatic heterocycles. The Labute approximate surface area is 151 Å². The van der Waals surface area contributed by atoms with Gasteiger partial charge in [-0.1, -0.05) is 18.2 Å². The number of nitrogens with one attached hydrogen (secondary N) is 2. The van der Waals surface area contributed by atoms with Gasteiger partial charge in [-0.2, -0.15) is 0 Å². The third kappa shape index (κ3) is 3.87. The Bertz CT molecular complexity index is 918. The number of furan rings is 1. The molecule has 3 aromatic rings. The second-order valence-corrected chi connectivity index (χ2v) is 5.86. The van der Waals surface area contributed by atoms with Crippen LogP contribution in [0.3, 0.4) is 0 Å². The molecule has 0 amide bonds. The van der Waals surface area contributed by atoms with E-state index in [1.165, 1.54) is 11.6 Å². The molecule has 3 rings (SSSR count). The Kier molecular flexibility index (Phi) is 5.24. The standard InChI is InChI=1S/C20H20N2O4/c1-21-11-13-4-2-5-14(10-13)22-12-15-8-9-18(26-15)16-6-3-7-17(19(16)23)20(24)25/h2-10,21-23H,11-12H2,1H3,(H,24,25). The molecule has 1 heterocycles. The molecule has 0 fully saturated rings. The van der Waals surface area contributed by atoms with Crippen molar-refractivity contribution in [2.24, 2.45) is 0 Å². The maximum Gasteiger partial charge on any atom is 0.339 e. The minimum Gasteiger partial charge on any atom is -0.506 e. The maximum absolute atomic E-state index is 11.1. The first kappa shape index (κ1) is 17.6. The SMILES string of the molecule is CNCc1cccc(NCc2ccc(-c3cccc(C(=O)O)c3O)o2)c1. The number of hydrogen-bond acceptors (Lipinski definition) is 5. The number of aromatic carboxylic acids is 1. The van der Waals surface area contributed by atoms with Gasteiger partial charge in [0, 0.05) is 12.2 Å². The summed E-state index contributed by atoms with van der Waals surface area (Å²) in [4.78, 5) is 11.1. The fourth-order valence-electron chi connectivity index (χ4n) is 2.72. The summed E-state index contributed by atoms with van der Waals surface area (Å²) in [5.41, 5.74) is 2.35. The van der Waals surface area contributed by atoms with E-state index >= 15 is 0 Å². The molecule has 0 aliphatic rings. The molecule has 0 spiro atoms. The van der Waals surface area contributed by atoms with Crippen LogP contribution < -0.4 is 10.6 Å². The van der Waals surface area contributed by atoms with Crippen molar-refractivity contribution in [3.63, 3.8) is 0 Å². The van der Waals surface area contributed by atoms with E-state index in [2.05, 4.69) is 16.7 Å². The topological polar surface area (TPSA) is 94.7 Å². The van der Waals surface area contributed by atoms with Crippen LogP contribution in [0.5, 0.6) is 5.75 Å². The van der Waals surface area contributed by atoms with Gasteiger partial charge in [0.05, 0.1) is 12.1 Å². The van der Waals surface area contributed by atoms with Crippen LogP contribution in [-0.4, -0.2) is 23.2 Å². The molecule has 4 N–H and O–H groups in total. The lowest BCUT2D eigenvalue weighted by Crippen LogP contribution is -2.05. The fourth-order valence-corrected chi connectivity index (χ4v) is 2.72. The Balaban J connectivity index is 1.74. The quantitative estimate of drug-likeness (QED) is 0.518. The normalized spacial score (nSPS) is 10.7. The van der Waals surface area contributed by atoms with Gasteiger partial charge >= 0.3 is 5.97 Å². The minimum atomic E-state index is -1.18. The second kappa shape index (κ2) is 7.76. The van der Waals surface area contributed by atoms with E-state index in [9.17, 15) is 9.90 Å². The first-order valence-electron chi connectivity index (χ1n) is 8.20. The summed E-state index contributed by atoms with van der Waals surface area (Å²) in [6, 6.07) is 16.1. The number of rotatable bonds is 7. The summed E-state index contributed by atoms with van der Waals surface area (Å²) in [6.07, 6.45) is 0. The van der Waals surface area contributed by atoms with Gasteiger partial charge in [-0.15, -0.1) is 0 Å². The van der Waals surface area contributed by atoms with Gasteiger partial charge in [-0.05, 0) is 49.0 Å². The van der Waals surface area contributed by atoms with Crippen LogP contribution in [0.1, 0.15) is 21.7 Å². The molecule has 0 atom stereocenters. The van der Waals surface area contributed by atoms with Crippen LogP contribution in [0.25, 0.3) is 11.3 Å². The van der Waals surface area contributed by atoms with Gasteiger partial charge in [0.1, 0.15) is 22.8 Å². The molecular formula is C20H20N2O4. The molecule has 1 aromatic heterocycles. The van der Waals surface area contributed by atoms with Crippen LogP contribution in [0, 0.1) is 0 Å². The Morgan fingerprint density at radius 2 is 1.88 bits per heavy atom. The number of hydrogen-bond donors (Lipinski definition) is 4. The first-order valence-corrected chi connectivity index (χ1v) is 8.20. The zero-order chi connectivity index (χ0) is 18.5. The Morgan fingerprint density at radius 3 is 2.65 bits per heavy atom. The van der Waals surface area contributed by atoms with Crippen molar-refractivity contribution in [2.75, 3.05) is 12.4 Å². The van der Waals surface area contributed by atoms with Crippen molar-refractivity contribution < 1.29 is 19.4 Å². The smallest absolute Gasteiger partial charge is 0.339 e. The minimum absolute atomic E-state index is 0.153. The van der Waals surface area contributed by atoms with Crippen molar-refractivity contribution in [1.82, 2.24) is 5.32 Å². The average Bonchev–Trinajstić information content (AvgIpc) is 3.09. The van der Waals surface area contributed by atoms with Gasteiger partial charge < -0.3 is 25.3 Å². The summed E-state index contributed by atoms with van der Waals surface area (Å²) >= 11 is 0. The van der Waals surface area contributed by atoms with Gasteiger partial charge in [-0.25, -0.2) is 4.79 Å². The van der Waals surface area contributed by atoms with Crippen molar-refractivity contribution in [2.45, 2.75) is 13.1 Å². The van der Waals surface area contributed by atoms with Crippen molar-refractivity contribution in [1.29, 1.82) is 0 Å². The predicted molar refractivity (Wildman–Crippen MR) is 99.3 cm³/mol. The van der Waals surface area contributed by atoms with E-state index in [1.54, 1.807) is 24.3 Å². The zero-order valence-electron chi connectivity index (χ0n) is 14.3. The van der Waals surface area contributed by atoms with Gasteiger partial charge in [0.2, 0.25) is 0 Å². The molecule has 0 radical (unpaired) electrons. The highest BCUT2D eigenvalue weighted by atomic mass is 16.4. The monoisotopic (exact) mass is 352 g/mol. The highest BCUT2D eigenvalue weighted by Gasteiger charge is 2.16. The van der Waals surface area contributed by atoms with Gasteiger partial charge in [0.15, 0.2) is 0 Å². The molecule has 2 aromatic carbocycles. The van der Waals surface area contributed by atoms with Crippen LogP contribution in [0.15, 0.2) is 59.0 Å². The number of phenols is 1. The summed E-state index contributed by atoms with van der Waals surface area (Å²) in [5, 5.41) is 25.7. The Hall–Kier alpha value is -3.25. The summed E-state index contributed by atoms with van der Waals surface area (Å²) in [6.45, 7) is 1.27. The second-order valence-electron chi connectivity index (χ2n) is 5.86. The highest BCUT2D eigenvalue weighted by molar-refractivity contribution is 5.93. The molecule has 0 aliphatic carbocycles. The van der Waals surface area contributed by atoms with Crippen molar-refractivity contribution in [3.05, 3.63) is 71.5 Å². The molecule has 0 unspecified atom stereocenters. The van der Waals surface area contributed by atoms with E-state index in [1.807, 2.05) is 25.2 Å². The number of carbonyl (C=O) groups is 1. The summed E-state index contributed by atoms with van der Waals surface area (Å²) < 4.78 is 5.76. The van der Waals surface area contributed by atoms with E-state index in [0.29, 0.717) is 23.6 Å². The van der Waals surface area contributed by atoms with Crippen LogP contribution in [-0.2, 0) is 13.1 Å². The van der Waals surface area contributed by atoms with Crippen molar-refractivity contribution in [3.8, 4) is 17.1 Å². The number of aromatic hydroxyl groups is 1. The molecular weight excluding hydrogens is 332 g/mol. The third-order valence-corrected chi connectivity index (χ3v) is 3.97. The summed E-state index contributed by atoms with van der Waals surface area (Å²) in [7, 11) is 1.90. The van der Waals surface area contributed by atoms with E-state index in [-0.39, 0.29) is 11.3 Å². The number of para-hydroxylation sites is 1. The van der Waals surface area contributed by atoms with E-state index < -0.39 is 5.97 Å². The fraction of sp³-hybridized carbons (Fsp3) is 0.150. The molecule has 6 heteroatoms. The predicted octanol–water partition coefficient (Wildman–Crippen LogP) is 3.68. The lowest BCUT2D eigenvalue weighted by molar-refractivity contribution is 0.0694. The number of benzene rings is 2. The van der Waals surface area contributed by atoms with E-state index in [0.717, 1.165) is 12.2 Å². The largest absolute Gasteiger partial charge is 0.506 e. The summed E-state index contributed by atoms with van der Waals surface area (Å²) in [5.74, 6) is -0.377. The molecule has 0 saturated heterocycles. The van der Waals surface area contributed by atoms with Crippen LogP contribution in [0.2, 0.25) is 0 Å². The van der Waals surface area contributed by atoms with E-state index in [4.69, 9.17) is 9.52 Å². The third-order valence-electron chi connectivity index (χ3n) is 3.97. The lowest BCUT2D eigenvalue weighted by Gasteiger charge is -2.07. The van der Waals surface area contributed by atoms with Gasteiger partial charge in [-0.3, -0.25) is 0 Å². The molecule has 0 saturated carbocycles. The molecule has 134 valence electrons. The van der Waals surface area contributed by atoms with Crippen molar-refractivity contribution >= 4 is 11.7 Å². The van der Waals surface area contributed by atoms with Crippen LogP contribution in [0.4, 0.5) is 5.69 Å². The zero-order valence-corrected chi connectivity index (χ0v) is 14.3. The number of carboxylic acid groups (broad SMARTS) is 1. The highest BCUT2D eigenvalue weighted by Crippen LogP contribution is 2.33. The van der Waals surface area contributed by atoms with Gasteiger partial charge in [0.25, 0.3) is 0 Å². The molecule has 6 nitrogen and oxygen atoms in total. The Morgan fingerprint density at radius 1 is 1.08 bits per heavy atom. The molecule has 26 heavy (non-hydrogen) atoms.